The average Bonchev–Trinajstić information content (AvgIpc) is 2.31. The van der Waals surface area contributed by atoms with Gasteiger partial charge in [0.05, 0.1) is 15.9 Å². The number of aryl methyl sites for hydroxylation is 1. The van der Waals surface area contributed by atoms with Crippen LogP contribution in [0.1, 0.15) is 5.56 Å². The Hall–Kier alpha value is -1.81. The lowest BCUT2D eigenvalue weighted by Gasteiger charge is -2.09. The molecule has 5 heteroatoms. The van der Waals surface area contributed by atoms with Crippen LogP contribution < -0.4 is 4.74 Å². The molecule has 1 aromatic heterocycles. The Morgan fingerprint density at radius 2 is 2.24 bits per heavy atom. The lowest BCUT2D eigenvalue weighted by molar-refractivity contribution is -0.139. The molecule has 0 spiro atoms. The minimum atomic E-state index is -1.03. The van der Waals surface area contributed by atoms with Gasteiger partial charge in [-0.15, -0.1) is 0 Å². The lowest BCUT2D eigenvalue weighted by Crippen LogP contribution is -2.09. The predicted molar refractivity (Wildman–Crippen MR) is 64.6 cm³/mol. The Morgan fingerprint density at radius 3 is 2.94 bits per heavy atom. The van der Waals surface area contributed by atoms with Gasteiger partial charge in [-0.05, 0) is 24.6 Å². The first-order chi connectivity index (χ1) is 8.09. The highest BCUT2D eigenvalue weighted by molar-refractivity contribution is 6.36. The number of halogens is 1. The molecule has 88 valence electrons. The van der Waals surface area contributed by atoms with E-state index >= 15 is 0 Å². The predicted octanol–water partition coefficient (Wildman–Crippen LogP) is 2.66. The second kappa shape index (κ2) is 4.59. The highest BCUT2D eigenvalue weighted by Crippen LogP contribution is 2.32. The van der Waals surface area contributed by atoms with Crippen LogP contribution in [-0.2, 0) is 4.79 Å². The molecule has 0 bridgehead atoms. The standard InChI is InChI=1S/C12H10ClNO3/c1-7-2-3-8(13)11-9(17-6-10(15)16)4-5-14-12(7)11/h2-5H,6H2,1H3,(H,15,16). The third-order valence-electron chi connectivity index (χ3n) is 2.36. The molecule has 0 aliphatic rings. The van der Waals surface area contributed by atoms with E-state index in [0.717, 1.165) is 11.1 Å². The fraction of sp³-hybridized carbons (Fsp3) is 0.167. The third-order valence-corrected chi connectivity index (χ3v) is 2.67. The van der Waals surface area contributed by atoms with Crippen molar-refractivity contribution in [3.63, 3.8) is 0 Å². The van der Waals surface area contributed by atoms with Crippen molar-refractivity contribution in [1.29, 1.82) is 0 Å². The van der Waals surface area contributed by atoms with Crippen molar-refractivity contribution in [2.24, 2.45) is 0 Å². The average molecular weight is 252 g/mol. The van der Waals surface area contributed by atoms with Crippen LogP contribution in [0.4, 0.5) is 0 Å². The first-order valence-corrected chi connectivity index (χ1v) is 5.36. The Labute approximate surface area is 103 Å². The third kappa shape index (κ3) is 2.31. The summed E-state index contributed by atoms with van der Waals surface area (Å²) in [6, 6.07) is 5.21. The van der Waals surface area contributed by atoms with Crippen LogP contribution in [0.5, 0.6) is 5.75 Å². The van der Waals surface area contributed by atoms with Gasteiger partial charge in [0.25, 0.3) is 0 Å². The largest absolute Gasteiger partial charge is 0.481 e. The summed E-state index contributed by atoms with van der Waals surface area (Å²) >= 11 is 6.08. The highest BCUT2D eigenvalue weighted by atomic mass is 35.5. The summed E-state index contributed by atoms with van der Waals surface area (Å²) in [5, 5.41) is 9.74. The number of carbonyl (C=O) groups is 1. The van der Waals surface area contributed by atoms with E-state index in [-0.39, 0.29) is 0 Å². The number of hydrogen-bond acceptors (Lipinski definition) is 3. The molecule has 0 aliphatic heterocycles. The second-order valence-corrected chi connectivity index (χ2v) is 3.99. The summed E-state index contributed by atoms with van der Waals surface area (Å²) in [6.45, 7) is 1.51. The van der Waals surface area contributed by atoms with Crippen LogP contribution >= 0.6 is 11.6 Å². The maximum Gasteiger partial charge on any atom is 0.341 e. The number of aliphatic carboxylic acids is 1. The van der Waals surface area contributed by atoms with Gasteiger partial charge in [0.2, 0.25) is 0 Å². The molecule has 2 aromatic rings. The van der Waals surface area contributed by atoms with Crippen LogP contribution in [-0.4, -0.2) is 22.7 Å². The van der Waals surface area contributed by atoms with E-state index in [2.05, 4.69) is 4.98 Å². The first-order valence-electron chi connectivity index (χ1n) is 4.98. The van der Waals surface area contributed by atoms with Gasteiger partial charge in [0, 0.05) is 6.20 Å². The molecule has 0 aliphatic carbocycles. The number of hydrogen-bond donors (Lipinski definition) is 1. The van der Waals surface area contributed by atoms with Crippen molar-refractivity contribution < 1.29 is 14.6 Å². The molecule has 2 rings (SSSR count). The lowest BCUT2D eigenvalue weighted by atomic mass is 10.1. The fourth-order valence-corrected chi connectivity index (χ4v) is 1.84. The molecule has 0 atom stereocenters. The number of aromatic nitrogens is 1. The van der Waals surface area contributed by atoms with Crippen LogP contribution in [0.15, 0.2) is 24.4 Å². The summed E-state index contributed by atoms with van der Waals surface area (Å²) in [7, 11) is 0. The first kappa shape index (κ1) is 11.7. The van der Waals surface area contributed by atoms with Gasteiger partial charge >= 0.3 is 5.97 Å². The maximum absolute atomic E-state index is 10.5. The maximum atomic E-state index is 10.5. The second-order valence-electron chi connectivity index (χ2n) is 3.58. The van der Waals surface area contributed by atoms with Crippen LogP contribution in [0.25, 0.3) is 10.9 Å². The molecule has 0 saturated heterocycles. The molecule has 0 unspecified atom stereocenters. The van der Waals surface area contributed by atoms with Crippen LogP contribution in [0, 0.1) is 6.92 Å². The summed E-state index contributed by atoms with van der Waals surface area (Å²) in [6.07, 6.45) is 1.57. The van der Waals surface area contributed by atoms with E-state index in [1.54, 1.807) is 18.3 Å². The zero-order chi connectivity index (χ0) is 12.4. The number of pyridine rings is 1. The molecule has 0 amide bonds. The van der Waals surface area contributed by atoms with Gasteiger partial charge in [-0.1, -0.05) is 17.7 Å². The van der Waals surface area contributed by atoms with Crippen molar-refractivity contribution in [2.75, 3.05) is 6.61 Å². The van der Waals surface area contributed by atoms with E-state index < -0.39 is 12.6 Å². The quantitative estimate of drug-likeness (QED) is 0.911. The van der Waals surface area contributed by atoms with E-state index in [4.69, 9.17) is 21.4 Å². The Kier molecular flexibility index (Phi) is 3.15. The Morgan fingerprint density at radius 1 is 1.47 bits per heavy atom. The Balaban J connectivity index is 2.56. The van der Waals surface area contributed by atoms with Crippen molar-refractivity contribution in [2.45, 2.75) is 6.92 Å². The van der Waals surface area contributed by atoms with Crippen LogP contribution in [0.2, 0.25) is 5.02 Å². The number of rotatable bonds is 3. The van der Waals surface area contributed by atoms with Gasteiger partial charge in [-0.2, -0.15) is 0 Å². The van der Waals surface area contributed by atoms with E-state index in [9.17, 15) is 4.79 Å². The van der Waals surface area contributed by atoms with Crippen molar-refractivity contribution in [3.8, 4) is 5.75 Å². The molecular weight excluding hydrogens is 242 g/mol. The van der Waals surface area contributed by atoms with Gasteiger partial charge in [-0.3, -0.25) is 4.98 Å². The molecular formula is C12H10ClNO3. The summed E-state index contributed by atoms with van der Waals surface area (Å²) < 4.78 is 5.19. The zero-order valence-corrected chi connectivity index (χ0v) is 9.86. The molecule has 0 radical (unpaired) electrons. The summed E-state index contributed by atoms with van der Waals surface area (Å²) in [5.41, 5.74) is 1.69. The SMILES string of the molecule is Cc1ccc(Cl)c2c(OCC(=O)O)ccnc12. The molecule has 4 nitrogen and oxygen atoms in total. The van der Waals surface area contributed by atoms with E-state index in [1.807, 2.05) is 13.0 Å². The Bertz CT molecular complexity index is 583. The van der Waals surface area contributed by atoms with Crippen molar-refractivity contribution >= 4 is 28.5 Å². The van der Waals surface area contributed by atoms with Gasteiger partial charge in [0.15, 0.2) is 6.61 Å². The van der Waals surface area contributed by atoms with Crippen molar-refractivity contribution in [1.82, 2.24) is 4.98 Å². The molecule has 1 heterocycles. The highest BCUT2D eigenvalue weighted by Gasteiger charge is 2.10. The minimum absolute atomic E-state index is 0.399. The molecule has 0 saturated carbocycles. The summed E-state index contributed by atoms with van der Waals surface area (Å²) in [4.78, 5) is 14.7. The number of nitrogens with zero attached hydrogens (tertiary/aromatic N) is 1. The number of ether oxygens (including phenoxy) is 1. The number of benzene rings is 1. The summed E-state index contributed by atoms with van der Waals surface area (Å²) in [5.74, 6) is -0.593. The monoisotopic (exact) mass is 251 g/mol. The fourth-order valence-electron chi connectivity index (χ4n) is 1.59. The zero-order valence-electron chi connectivity index (χ0n) is 9.11. The minimum Gasteiger partial charge on any atom is -0.481 e. The van der Waals surface area contributed by atoms with Gasteiger partial charge in [0.1, 0.15) is 5.75 Å². The molecule has 1 aromatic carbocycles. The molecule has 17 heavy (non-hydrogen) atoms. The van der Waals surface area contributed by atoms with Crippen molar-refractivity contribution in [3.05, 3.63) is 35.0 Å². The number of fused-ring (bicyclic) bond motifs is 1. The molecule has 1 N–H and O–H groups in total. The number of carboxylic acids is 1. The van der Waals surface area contributed by atoms with E-state index in [1.165, 1.54) is 0 Å². The van der Waals surface area contributed by atoms with Gasteiger partial charge in [-0.25, -0.2) is 4.79 Å². The van der Waals surface area contributed by atoms with E-state index in [0.29, 0.717) is 16.2 Å². The smallest absolute Gasteiger partial charge is 0.341 e. The molecule has 0 fully saturated rings. The normalized spacial score (nSPS) is 10.5. The van der Waals surface area contributed by atoms with Crippen LogP contribution in [0.3, 0.4) is 0 Å². The van der Waals surface area contributed by atoms with Gasteiger partial charge < -0.3 is 9.84 Å². The topological polar surface area (TPSA) is 59.4 Å². The number of carboxylic acid groups (broad SMARTS) is 1.